The molecule has 4 aromatic rings. The Morgan fingerprint density at radius 3 is 2.53 bits per heavy atom. The van der Waals surface area contributed by atoms with E-state index in [1.165, 1.54) is 16.7 Å². The molecule has 1 N–H and O–H groups in total. The first-order valence-corrected chi connectivity index (χ1v) is 11.4. The van der Waals surface area contributed by atoms with Gasteiger partial charge in [-0.3, -0.25) is 0 Å². The van der Waals surface area contributed by atoms with E-state index in [0.29, 0.717) is 11.7 Å². The summed E-state index contributed by atoms with van der Waals surface area (Å²) in [6.45, 7) is 7.42. The van der Waals surface area contributed by atoms with Crippen molar-refractivity contribution in [3.63, 3.8) is 0 Å². The van der Waals surface area contributed by atoms with Gasteiger partial charge in [0, 0.05) is 18.4 Å². The number of unbranched alkanes of at least 4 members (excludes halogenated alkanes) is 1. The molecule has 2 aromatic heterocycles. The molecule has 0 spiro atoms. The molecule has 0 amide bonds. The maximum absolute atomic E-state index is 4.82. The maximum atomic E-state index is 4.82. The third-order valence-corrected chi connectivity index (χ3v) is 5.43. The van der Waals surface area contributed by atoms with Gasteiger partial charge in [0.05, 0.1) is 6.54 Å². The van der Waals surface area contributed by atoms with E-state index in [1.807, 2.05) is 12.1 Å². The van der Waals surface area contributed by atoms with Crippen molar-refractivity contribution in [3.8, 4) is 11.4 Å². The summed E-state index contributed by atoms with van der Waals surface area (Å²) in [6, 6.07) is 17.1. The third kappa shape index (κ3) is 5.66. The lowest BCUT2D eigenvalue weighted by Gasteiger charge is -2.09. The Bertz CT molecular complexity index is 1110. The van der Waals surface area contributed by atoms with Crippen LogP contribution in [0.4, 0.5) is 0 Å². The SMILES string of the molecule is CCCCc1nc(CC(C)C)n(Cc2ccc(Cc3cccc(-c4nn[nH]n4)c3)cc2)n1. The van der Waals surface area contributed by atoms with Crippen LogP contribution in [-0.2, 0) is 25.8 Å². The van der Waals surface area contributed by atoms with E-state index in [0.717, 1.165) is 55.9 Å². The topological polar surface area (TPSA) is 85.2 Å². The number of nitrogens with zero attached hydrogens (tertiary/aromatic N) is 6. The van der Waals surface area contributed by atoms with Gasteiger partial charge in [-0.2, -0.15) is 10.3 Å². The second kappa shape index (κ2) is 10.3. The molecule has 0 aliphatic heterocycles. The fourth-order valence-corrected chi connectivity index (χ4v) is 3.79. The fourth-order valence-electron chi connectivity index (χ4n) is 3.79. The van der Waals surface area contributed by atoms with Gasteiger partial charge in [0.1, 0.15) is 5.82 Å². The Morgan fingerprint density at radius 2 is 1.81 bits per heavy atom. The molecule has 2 aromatic carbocycles. The minimum Gasteiger partial charge on any atom is -0.245 e. The Balaban J connectivity index is 1.45. The van der Waals surface area contributed by atoms with Crippen LogP contribution >= 0.6 is 0 Å². The van der Waals surface area contributed by atoms with Gasteiger partial charge in [0.2, 0.25) is 5.82 Å². The number of aromatic nitrogens is 7. The second-order valence-electron chi connectivity index (χ2n) is 8.73. The zero-order chi connectivity index (χ0) is 22.3. The van der Waals surface area contributed by atoms with Gasteiger partial charge in [0.25, 0.3) is 0 Å². The first-order chi connectivity index (χ1) is 15.6. The minimum atomic E-state index is 0.558. The Kier molecular flexibility index (Phi) is 7.04. The number of benzene rings is 2. The lowest BCUT2D eigenvalue weighted by atomic mass is 10.0. The highest BCUT2D eigenvalue weighted by atomic mass is 15.5. The highest BCUT2D eigenvalue weighted by Gasteiger charge is 2.12. The number of aryl methyl sites for hydroxylation is 1. The predicted molar refractivity (Wildman–Crippen MR) is 125 cm³/mol. The van der Waals surface area contributed by atoms with Gasteiger partial charge in [-0.25, -0.2) is 9.67 Å². The Morgan fingerprint density at radius 1 is 1.00 bits per heavy atom. The minimum absolute atomic E-state index is 0.558. The van der Waals surface area contributed by atoms with Gasteiger partial charge in [-0.15, -0.1) is 10.2 Å². The summed E-state index contributed by atoms with van der Waals surface area (Å²) in [5.41, 5.74) is 4.70. The average molecular weight is 430 g/mol. The first kappa shape index (κ1) is 21.9. The van der Waals surface area contributed by atoms with Crippen molar-refractivity contribution in [3.05, 3.63) is 76.9 Å². The molecule has 0 unspecified atom stereocenters. The molecular weight excluding hydrogens is 398 g/mol. The quantitative estimate of drug-likeness (QED) is 0.397. The van der Waals surface area contributed by atoms with E-state index in [1.54, 1.807) is 0 Å². The summed E-state index contributed by atoms with van der Waals surface area (Å²) in [6.07, 6.45) is 5.06. The molecule has 7 heteroatoms. The molecule has 0 aliphatic carbocycles. The standard InChI is InChI=1S/C25H31N7/c1-4-5-9-23-26-24(14-18(2)3)32(29-23)17-20-12-10-19(11-13-20)15-21-7-6-8-22(16-21)25-27-30-31-28-25/h6-8,10-13,16,18H,4-5,9,14-15,17H2,1-3H3,(H,27,28,30,31). The van der Waals surface area contributed by atoms with Crippen molar-refractivity contribution in [2.75, 3.05) is 0 Å². The molecule has 32 heavy (non-hydrogen) atoms. The predicted octanol–water partition coefficient (Wildman–Crippen LogP) is 4.64. The highest BCUT2D eigenvalue weighted by Crippen LogP contribution is 2.18. The first-order valence-electron chi connectivity index (χ1n) is 11.4. The van der Waals surface area contributed by atoms with Crippen molar-refractivity contribution < 1.29 is 0 Å². The van der Waals surface area contributed by atoms with Gasteiger partial charge >= 0.3 is 0 Å². The molecule has 0 fully saturated rings. The normalized spacial score (nSPS) is 11.4. The smallest absolute Gasteiger partial charge is 0.204 e. The molecule has 0 radical (unpaired) electrons. The number of nitrogens with one attached hydrogen (secondary N) is 1. The number of H-pyrrole nitrogens is 1. The molecule has 0 aliphatic rings. The van der Waals surface area contributed by atoms with Crippen molar-refractivity contribution in [2.24, 2.45) is 5.92 Å². The maximum Gasteiger partial charge on any atom is 0.204 e. The van der Waals surface area contributed by atoms with Gasteiger partial charge < -0.3 is 0 Å². The van der Waals surface area contributed by atoms with Gasteiger partial charge in [0.15, 0.2) is 5.82 Å². The molecule has 0 bridgehead atoms. The zero-order valence-electron chi connectivity index (χ0n) is 19.1. The lowest BCUT2D eigenvalue weighted by Crippen LogP contribution is -2.09. The number of tetrazole rings is 1. The molecule has 0 saturated carbocycles. The number of rotatable bonds is 10. The zero-order valence-corrected chi connectivity index (χ0v) is 19.1. The fraction of sp³-hybridized carbons (Fsp3) is 0.400. The average Bonchev–Trinajstić information content (AvgIpc) is 3.44. The van der Waals surface area contributed by atoms with Crippen LogP contribution in [0.25, 0.3) is 11.4 Å². The van der Waals surface area contributed by atoms with Crippen LogP contribution in [0.1, 0.15) is 62.0 Å². The van der Waals surface area contributed by atoms with Crippen LogP contribution in [0.15, 0.2) is 48.5 Å². The van der Waals surface area contributed by atoms with Crippen molar-refractivity contribution in [2.45, 2.75) is 59.4 Å². The van der Waals surface area contributed by atoms with Gasteiger partial charge in [-0.1, -0.05) is 69.7 Å². The molecule has 7 nitrogen and oxygen atoms in total. The monoisotopic (exact) mass is 429 g/mol. The molecule has 2 heterocycles. The highest BCUT2D eigenvalue weighted by molar-refractivity contribution is 5.55. The van der Waals surface area contributed by atoms with E-state index in [9.17, 15) is 0 Å². The van der Waals surface area contributed by atoms with Crippen molar-refractivity contribution >= 4 is 0 Å². The molecule has 0 atom stereocenters. The summed E-state index contributed by atoms with van der Waals surface area (Å²) < 4.78 is 2.09. The molecule has 4 rings (SSSR count). The van der Waals surface area contributed by atoms with Crippen molar-refractivity contribution in [1.29, 1.82) is 0 Å². The molecule has 0 saturated heterocycles. The number of hydrogen-bond donors (Lipinski definition) is 1. The summed E-state index contributed by atoms with van der Waals surface area (Å²) in [4.78, 5) is 4.82. The van der Waals surface area contributed by atoms with E-state index < -0.39 is 0 Å². The Labute approximate surface area is 189 Å². The summed E-state index contributed by atoms with van der Waals surface area (Å²) in [7, 11) is 0. The Hall–Kier alpha value is -3.35. The van der Waals surface area contributed by atoms with Crippen molar-refractivity contribution in [1.82, 2.24) is 35.4 Å². The van der Waals surface area contributed by atoms with Crippen LogP contribution in [-0.4, -0.2) is 35.4 Å². The van der Waals surface area contributed by atoms with E-state index in [-0.39, 0.29) is 0 Å². The summed E-state index contributed by atoms with van der Waals surface area (Å²) in [5, 5.41) is 19.1. The lowest BCUT2D eigenvalue weighted by molar-refractivity contribution is 0.562. The van der Waals surface area contributed by atoms with Crippen LogP contribution < -0.4 is 0 Å². The summed E-state index contributed by atoms with van der Waals surface area (Å²) in [5.74, 6) is 3.24. The van der Waals surface area contributed by atoms with E-state index in [4.69, 9.17) is 10.1 Å². The summed E-state index contributed by atoms with van der Waals surface area (Å²) >= 11 is 0. The number of hydrogen-bond acceptors (Lipinski definition) is 5. The third-order valence-electron chi connectivity index (χ3n) is 5.43. The van der Waals surface area contributed by atoms with Gasteiger partial charge in [-0.05, 0) is 46.7 Å². The molecule has 166 valence electrons. The van der Waals surface area contributed by atoms with E-state index in [2.05, 4.69) is 82.5 Å². The van der Waals surface area contributed by atoms with Crippen LogP contribution in [0.5, 0.6) is 0 Å². The van der Waals surface area contributed by atoms with Crippen LogP contribution in [0, 0.1) is 5.92 Å². The van der Waals surface area contributed by atoms with Crippen LogP contribution in [0.3, 0.4) is 0 Å². The van der Waals surface area contributed by atoms with E-state index >= 15 is 0 Å². The molecular formula is C25H31N7. The largest absolute Gasteiger partial charge is 0.245 e. The second-order valence-corrected chi connectivity index (χ2v) is 8.73. The van der Waals surface area contributed by atoms with Crippen LogP contribution in [0.2, 0.25) is 0 Å². The number of aromatic amines is 1.